The summed E-state index contributed by atoms with van der Waals surface area (Å²) in [6.45, 7) is 3.72. The zero-order valence-electron chi connectivity index (χ0n) is 9.09. The van der Waals surface area contributed by atoms with Crippen LogP contribution in [-0.2, 0) is 10.0 Å². The van der Waals surface area contributed by atoms with E-state index in [1.165, 1.54) is 18.2 Å². The highest BCUT2D eigenvalue weighted by atomic mass is 32.2. The van der Waals surface area contributed by atoms with Crippen LogP contribution in [0.3, 0.4) is 0 Å². The second-order valence-corrected chi connectivity index (χ2v) is 5.08. The van der Waals surface area contributed by atoms with Gasteiger partial charge in [0.05, 0.1) is 10.5 Å². The molecule has 1 aromatic carbocycles. The number of sulfonamides is 1. The SMILES string of the molecule is C=CCCNS(=O)(=O)c1cccc(C(=O)O)c1. The van der Waals surface area contributed by atoms with E-state index in [0.717, 1.165) is 6.07 Å². The highest BCUT2D eigenvalue weighted by molar-refractivity contribution is 7.89. The maximum Gasteiger partial charge on any atom is 0.335 e. The summed E-state index contributed by atoms with van der Waals surface area (Å²) in [7, 11) is -3.65. The van der Waals surface area contributed by atoms with E-state index < -0.39 is 16.0 Å². The first-order valence-corrected chi connectivity index (χ1v) is 6.39. The third-order valence-electron chi connectivity index (χ3n) is 2.03. The lowest BCUT2D eigenvalue weighted by Gasteiger charge is -2.06. The van der Waals surface area contributed by atoms with Gasteiger partial charge in [0.2, 0.25) is 10.0 Å². The van der Waals surface area contributed by atoms with Gasteiger partial charge in [0.1, 0.15) is 0 Å². The van der Waals surface area contributed by atoms with Gasteiger partial charge < -0.3 is 5.11 Å². The molecule has 0 aliphatic heterocycles. The van der Waals surface area contributed by atoms with Crippen LogP contribution in [0.5, 0.6) is 0 Å². The van der Waals surface area contributed by atoms with E-state index in [4.69, 9.17) is 5.11 Å². The maximum absolute atomic E-state index is 11.7. The van der Waals surface area contributed by atoms with Gasteiger partial charge in [0.25, 0.3) is 0 Å². The lowest BCUT2D eigenvalue weighted by molar-refractivity contribution is 0.0696. The number of hydrogen-bond acceptors (Lipinski definition) is 3. The van der Waals surface area contributed by atoms with Crippen LogP contribution in [-0.4, -0.2) is 26.0 Å². The molecular formula is C11H13NO4S. The zero-order chi connectivity index (χ0) is 12.9. The van der Waals surface area contributed by atoms with Gasteiger partial charge in [-0.25, -0.2) is 17.9 Å². The summed E-state index contributed by atoms with van der Waals surface area (Å²) in [5.41, 5.74) is -0.0587. The van der Waals surface area contributed by atoms with Crippen LogP contribution < -0.4 is 4.72 Å². The van der Waals surface area contributed by atoms with Gasteiger partial charge in [-0.1, -0.05) is 12.1 Å². The second kappa shape index (κ2) is 5.60. The third kappa shape index (κ3) is 3.69. The van der Waals surface area contributed by atoms with Crippen molar-refractivity contribution >= 4 is 16.0 Å². The molecule has 0 spiro atoms. The molecule has 0 unspecified atom stereocenters. The molecule has 5 nitrogen and oxygen atoms in total. The molecular weight excluding hydrogens is 242 g/mol. The molecule has 1 aromatic rings. The summed E-state index contributed by atoms with van der Waals surface area (Å²) in [5.74, 6) is -1.16. The summed E-state index contributed by atoms with van der Waals surface area (Å²) in [4.78, 5) is 10.7. The van der Waals surface area contributed by atoms with Crippen molar-refractivity contribution < 1.29 is 18.3 Å². The Labute approximate surface area is 99.8 Å². The molecule has 0 saturated carbocycles. The van der Waals surface area contributed by atoms with Gasteiger partial charge in [-0.05, 0) is 24.6 Å². The van der Waals surface area contributed by atoms with Crippen molar-refractivity contribution in [2.24, 2.45) is 0 Å². The minimum absolute atomic E-state index is 0.0542. The number of carboxylic acids is 1. The molecule has 0 heterocycles. The lowest BCUT2D eigenvalue weighted by Crippen LogP contribution is -2.24. The van der Waals surface area contributed by atoms with Crippen LogP contribution in [0.1, 0.15) is 16.8 Å². The molecule has 17 heavy (non-hydrogen) atoms. The largest absolute Gasteiger partial charge is 0.478 e. The Hall–Kier alpha value is -1.66. The van der Waals surface area contributed by atoms with Gasteiger partial charge in [0.15, 0.2) is 0 Å². The second-order valence-electron chi connectivity index (χ2n) is 3.31. The Bertz CT molecular complexity index is 522. The number of benzene rings is 1. The molecule has 2 N–H and O–H groups in total. The molecule has 0 atom stereocenters. The number of carbonyl (C=O) groups is 1. The number of hydrogen-bond donors (Lipinski definition) is 2. The summed E-state index contributed by atoms with van der Waals surface area (Å²) in [6.07, 6.45) is 2.11. The van der Waals surface area contributed by atoms with Gasteiger partial charge in [-0.15, -0.1) is 6.58 Å². The normalized spacial score (nSPS) is 11.1. The van der Waals surface area contributed by atoms with Gasteiger partial charge in [0, 0.05) is 6.54 Å². The van der Waals surface area contributed by atoms with E-state index >= 15 is 0 Å². The Morgan fingerprint density at radius 1 is 1.47 bits per heavy atom. The van der Waals surface area contributed by atoms with Crippen molar-refractivity contribution in [2.75, 3.05) is 6.54 Å². The fourth-order valence-corrected chi connectivity index (χ4v) is 2.27. The summed E-state index contributed by atoms with van der Waals surface area (Å²) >= 11 is 0. The van der Waals surface area contributed by atoms with Crippen LogP contribution in [0.4, 0.5) is 0 Å². The summed E-state index contributed by atoms with van der Waals surface area (Å²) in [5, 5.41) is 8.76. The molecule has 0 radical (unpaired) electrons. The average Bonchev–Trinajstić information content (AvgIpc) is 2.29. The fourth-order valence-electron chi connectivity index (χ4n) is 1.17. The van der Waals surface area contributed by atoms with Crippen molar-refractivity contribution in [1.29, 1.82) is 0 Å². The summed E-state index contributed by atoms with van der Waals surface area (Å²) < 4.78 is 25.8. The topological polar surface area (TPSA) is 83.5 Å². The molecule has 92 valence electrons. The number of carboxylic acid groups (broad SMARTS) is 1. The molecule has 0 aliphatic carbocycles. The first kappa shape index (κ1) is 13.4. The van der Waals surface area contributed by atoms with Gasteiger partial charge in [-0.2, -0.15) is 0 Å². The van der Waals surface area contributed by atoms with E-state index in [1.807, 2.05) is 0 Å². The molecule has 1 rings (SSSR count). The predicted octanol–water partition coefficient (Wildman–Crippen LogP) is 1.24. The highest BCUT2D eigenvalue weighted by Gasteiger charge is 2.14. The van der Waals surface area contributed by atoms with Crippen molar-refractivity contribution in [3.8, 4) is 0 Å². The number of nitrogens with one attached hydrogen (secondary N) is 1. The van der Waals surface area contributed by atoms with Crippen LogP contribution in [0.15, 0.2) is 41.8 Å². The van der Waals surface area contributed by atoms with Crippen molar-refractivity contribution in [1.82, 2.24) is 4.72 Å². The van der Waals surface area contributed by atoms with E-state index in [-0.39, 0.29) is 17.0 Å². The van der Waals surface area contributed by atoms with Gasteiger partial charge in [-0.3, -0.25) is 0 Å². The van der Waals surface area contributed by atoms with Gasteiger partial charge >= 0.3 is 5.97 Å². The fraction of sp³-hybridized carbons (Fsp3) is 0.182. The minimum atomic E-state index is -3.65. The Balaban J connectivity index is 2.94. The molecule has 0 saturated heterocycles. The molecule has 0 aliphatic rings. The Kier molecular flexibility index (Phi) is 4.42. The minimum Gasteiger partial charge on any atom is -0.478 e. The Morgan fingerprint density at radius 2 is 2.18 bits per heavy atom. The standard InChI is InChI=1S/C11H13NO4S/c1-2-3-7-12-17(15,16)10-6-4-5-9(8-10)11(13)14/h2,4-6,8,12H,1,3,7H2,(H,13,14). The Morgan fingerprint density at radius 3 is 2.76 bits per heavy atom. The van der Waals surface area contributed by atoms with Crippen molar-refractivity contribution in [3.05, 3.63) is 42.5 Å². The molecule has 6 heteroatoms. The quantitative estimate of drug-likeness (QED) is 0.591. The highest BCUT2D eigenvalue weighted by Crippen LogP contribution is 2.11. The zero-order valence-corrected chi connectivity index (χ0v) is 9.90. The number of rotatable bonds is 6. The molecule has 0 bridgehead atoms. The van der Waals surface area contributed by atoms with Crippen molar-refractivity contribution in [3.63, 3.8) is 0 Å². The third-order valence-corrected chi connectivity index (χ3v) is 3.49. The predicted molar refractivity (Wildman–Crippen MR) is 63.4 cm³/mol. The number of aromatic carboxylic acids is 1. The monoisotopic (exact) mass is 255 g/mol. The summed E-state index contributed by atoms with van der Waals surface area (Å²) in [6, 6.07) is 5.21. The average molecular weight is 255 g/mol. The van der Waals surface area contributed by atoms with Crippen LogP contribution in [0, 0.1) is 0 Å². The molecule has 0 aromatic heterocycles. The molecule has 0 fully saturated rings. The van der Waals surface area contributed by atoms with Crippen LogP contribution in [0.25, 0.3) is 0 Å². The van der Waals surface area contributed by atoms with E-state index in [2.05, 4.69) is 11.3 Å². The van der Waals surface area contributed by atoms with Crippen LogP contribution >= 0.6 is 0 Å². The first-order chi connectivity index (χ1) is 7.97. The van der Waals surface area contributed by atoms with Crippen molar-refractivity contribution in [2.45, 2.75) is 11.3 Å². The van der Waals surface area contributed by atoms with E-state index in [0.29, 0.717) is 6.42 Å². The first-order valence-electron chi connectivity index (χ1n) is 4.91. The maximum atomic E-state index is 11.7. The van der Waals surface area contributed by atoms with E-state index in [1.54, 1.807) is 6.08 Å². The van der Waals surface area contributed by atoms with Crippen LogP contribution in [0.2, 0.25) is 0 Å². The smallest absolute Gasteiger partial charge is 0.335 e. The van der Waals surface area contributed by atoms with E-state index in [9.17, 15) is 13.2 Å². The molecule has 0 amide bonds. The lowest BCUT2D eigenvalue weighted by atomic mass is 10.2.